The molecule has 0 aliphatic rings. The van der Waals surface area contributed by atoms with Crippen LogP contribution in [0.25, 0.3) is 11.5 Å². The average molecular weight is 205 g/mol. The third-order valence-corrected chi connectivity index (χ3v) is 1.75. The van der Waals surface area contributed by atoms with Gasteiger partial charge in [0, 0.05) is 11.3 Å². The topological polar surface area (TPSA) is 102 Å². The molecule has 0 atom stereocenters. The predicted molar refractivity (Wildman–Crippen MR) is 51.1 cm³/mol. The number of hydrogen-bond donors (Lipinski definition) is 2. The van der Waals surface area contributed by atoms with Crippen molar-refractivity contribution in [3.05, 3.63) is 30.1 Å². The van der Waals surface area contributed by atoms with Gasteiger partial charge in [0.1, 0.15) is 0 Å². The molecule has 0 unspecified atom stereocenters. The van der Waals surface area contributed by atoms with E-state index in [1.54, 1.807) is 24.3 Å². The van der Waals surface area contributed by atoms with Gasteiger partial charge in [-0.1, -0.05) is 6.07 Å². The maximum absolute atomic E-state index is 10.5. The summed E-state index contributed by atoms with van der Waals surface area (Å²) in [5.74, 6) is -1.46. The summed E-state index contributed by atoms with van der Waals surface area (Å²) in [4.78, 5) is 14.2. The van der Waals surface area contributed by atoms with Crippen molar-refractivity contribution in [2.24, 2.45) is 0 Å². The molecule has 0 bridgehead atoms. The lowest BCUT2D eigenvalue weighted by atomic mass is 10.2. The van der Waals surface area contributed by atoms with Crippen LogP contribution in [-0.4, -0.2) is 21.2 Å². The summed E-state index contributed by atoms with van der Waals surface area (Å²) in [7, 11) is 0. The molecule has 3 N–H and O–H groups in total. The zero-order valence-corrected chi connectivity index (χ0v) is 7.54. The van der Waals surface area contributed by atoms with Gasteiger partial charge in [-0.05, 0) is 23.4 Å². The molecule has 0 saturated carbocycles. The summed E-state index contributed by atoms with van der Waals surface area (Å²) in [6.07, 6.45) is 0. The highest BCUT2D eigenvalue weighted by Gasteiger charge is 2.13. The fourth-order valence-electron chi connectivity index (χ4n) is 1.10. The molecular formula is C9H7N3O3. The molecule has 6 heteroatoms. The van der Waals surface area contributed by atoms with Gasteiger partial charge in [0.05, 0.1) is 0 Å². The van der Waals surface area contributed by atoms with Crippen molar-refractivity contribution in [3.63, 3.8) is 0 Å². The third kappa shape index (κ3) is 1.78. The first-order valence-corrected chi connectivity index (χ1v) is 4.10. The molecule has 0 aliphatic heterocycles. The van der Waals surface area contributed by atoms with Gasteiger partial charge in [0.15, 0.2) is 0 Å². The highest BCUT2D eigenvalue weighted by Crippen LogP contribution is 2.19. The van der Waals surface area contributed by atoms with E-state index in [0.29, 0.717) is 11.3 Å². The molecule has 1 heterocycles. The van der Waals surface area contributed by atoms with Crippen LogP contribution in [0.5, 0.6) is 0 Å². The van der Waals surface area contributed by atoms with E-state index in [9.17, 15) is 4.79 Å². The molecule has 2 rings (SSSR count). The lowest BCUT2D eigenvalue weighted by Crippen LogP contribution is -1.98. The monoisotopic (exact) mass is 205 g/mol. The number of aromatic carboxylic acids is 1. The van der Waals surface area contributed by atoms with Crippen LogP contribution in [0.2, 0.25) is 0 Å². The second kappa shape index (κ2) is 3.41. The number of aromatic nitrogens is 2. The largest absolute Gasteiger partial charge is 0.475 e. The van der Waals surface area contributed by atoms with Crippen LogP contribution < -0.4 is 5.73 Å². The van der Waals surface area contributed by atoms with Gasteiger partial charge in [-0.2, -0.15) is 4.98 Å². The Morgan fingerprint density at radius 2 is 2.27 bits per heavy atom. The third-order valence-electron chi connectivity index (χ3n) is 1.75. The molecule has 1 aromatic heterocycles. The molecule has 76 valence electrons. The summed E-state index contributed by atoms with van der Waals surface area (Å²) in [6.45, 7) is 0. The van der Waals surface area contributed by atoms with Gasteiger partial charge in [0.25, 0.3) is 11.7 Å². The maximum atomic E-state index is 10.5. The van der Waals surface area contributed by atoms with Crippen molar-refractivity contribution in [1.82, 2.24) is 10.1 Å². The van der Waals surface area contributed by atoms with Crippen molar-refractivity contribution in [3.8, 4) is 11.5 Å². The summed E-state index contributed by atoms with van der Waals surface area (Å²) in [5, 5.41) is 11.9. The summed E-state index contributed by atoms with van der Waals surface area (Å²) < 4.78 is 4.77. The number of nitrogens with two attached hydrogens (primary N) is 1. The van der Waals surface area contributed by atoms with Crippen molar-refractivity contribution in [1.29, 1.82) is 0 Å². The first-order chi connectivity index (χ1) is 7.16. The number of nitrogen functional groups attached to an aromatic ring is 1. The fourth-order valence-corrected chi connectivity index (χ4v) is 1.10. The van der Waals surface area contributed by atoms with E-state index in [0.717, 1.165) is 0 Å². The zero-order valence-electron chi connectivity index (χ0n) is 7.54. The van der Waals surface area contributed by atoms with Crippen molar-refractivity contribution in [2.45, 2.75) is 0 Å². The van der Waals surface area contributed by atoms with Gasteiger partial charge in [0.2, 0.25) is 0 Å². The number of rotatable bonds is 2. The number of hydrogen-bond acceptors (Lipinski definition) is 5. The standard InChI is InChI=1S/C9H7N3O3/c10-6-3-1-2-5(4-6)8-11-7(9(13)14)12-15-8/h1-4H,10H2,(H,13,14). The second-order valence-electron chi connectivity index (χ2n) is 2.85. The molecule has 2 aromatic rings. The van der Waals surface area contributed by atoms with E-state index in [1.165, 1.54) is 0 Å². The summed E-state index contributed by atoms with van der Waals surface area (Å²) >= 11 is 0. The smallest absolute Gasteiger partial charge is 0.377 e. The number of nitrogens with zero attached hydrogens (tertiary/aromatic N) is 2. The number of carboxylic acids is 1. The van der Waals surface area contributed by atoms with E-state index < -0.39 is 5.97 Å². The maximum Gasteiger partial charge on any atom is 0.377 e. The molecule has 0 amide bonds. The summed E-state index contributed by atoms with van der Waals surface area (Å²) in [5.41, 5.74) is 6.69. The van der Waals surface area contributed by atoms with Gasteiger partial charge >= 0.3 is 5.97 Å². The normalized spacial score (nSPS) is 10.1. The molecule has 0 radical (unpaired) electrons. The lowest BCUT2D eigenvalue weighted by molar-refractivity contribution is 0.0680. The molecule has 0 spiro atoms. The lowest BCUT2D eigenvalue weighted by Gasteiger charge is -1.94. The second-order valence-corrected chi connectivity index (χ2v) is 2.85. The minimum absolute atomic E-state index is 0.139. The molecule has 15 heavy (non-hydrogen) atoms. The first kappa shape index (κ1) is 9.20. The van der Waals surface area contributed by atoms with Crippen LogP contribution in [0.15, 0.2) is 28.8 Å². The molecule has 1 aromatic carbocycles. The fraction of sp³-hybridized carbons (Fsp3) is 0. The van der Waals surface area contributed by atoms with Crippen LogP contribution in [0.1, 0.15) is 10.6 Å². The minimum Gasteiger partial charge on any atom is -0.475 e. The van der Waals surface area contributed by atoms with Crippen molar-refractivity contribution >= 4 is 11.7 Å². The van der Waals surface area contributed by atoms with Crippen LogP contribution in [0.3, 0.4) is 0 Å². The molecule has 6 nitrogen and oxygen atoms in total. The molecule has 0 aliphatic carbocycles. The minimum atomic E-state index is -1.23. The number of carboxylic acid groups (broad SMARTS) is 1. The van der Waals surface area contributed by atoms with E-state index in [2.05, 4.69) is 10.1 Å². The Morgan fingerprint density at radius 1 is 1.47 bits per heavy atom. The Kier molecular flexibility index (Phi) is 2.09. The number of carbonyl (C=O) groups is 1. The highest BCUT2D eigenvalue weighted by atomic mass is 16.5. The highest BCUT2D eigenvalue weighted by molar-refractivity contribution is 5.83. The SMILES string of the molecule is Nc1cccc(-c2nc(C(=O)O)no2)c1. The Bertz CT molecular complexity index is 507. The molecular weight excluding hydrogens is 198 g/mol. The Morgan fingerprint density at radius 3 is 2.87 bits per heavy atom. The van der Waals surface area contributed by atoms with Crippen LogP contribution in [0, 0.1) is 0 Å². The Balaban J connectivity index is 2.41. The van der Waals surface area contributed by atoms with Gasteiger partial charge in [-0.15, -0.1) is 0 Å². The average Bonchev–Trinajstić information content (AvgIpc) is 2.66. The van der Waals surface area contributed by atoms with Gasteiger partial charge in [-0.3, -0.25) is 0 Å². The quantitative estimate of drug-likeness (QED) is 0.709. The van der Waals surface area contributed by atoms with E-state index in [4.69, 9.17) is 15.4 Å². The van der Waals surface area contributed by atoms with E-state index >= 15 is 0 Å². The zero-order chi connectivity index (χ0) is 10.8. The predicted octanol–water partition coefficient (Wildman–Crippen LogP) is 1.02. The van der Waals surface area contributed by atoms with Gasteiger partial charge < -0.3 is 15.4 Å². The van der Waals surface area contributed by atoms with Crippen molar-refractivity contribution < 1.29 is 14.4 Å². The van der Waals surface area contributed by atoms with Crippen LogP contribution in [0.4, 0.5) is 5.69 Å². The van der Waals surface area contributed by atoms with Crippen LogP contribution >= 0.6 is 0 Å². The van der Waals surface area contributed by atoms with Crippen molar-refractivity contribution in [2.75, 3.05) is 5.73 Å². The first-order valence-electron chi connectivity index (χ1n) is 4.10. The van der Waals surface area contributed by atoms with E-state index in [-0.39, 0.29) is 11.7 Å². The molecule has 0 fully saturated rings. The number of anilines is 1. The van der Waals surface area contributed by atoms with E-state index in [1.807, 2.05) is 0 Å². The summed E-state index contributed by atoms with van der Waals surface area (Å²) in [6, 6.07) is 6.75. The van der Waals surface area contributed by atoms with Gasteiger partial charge in [-0.25, -0.2) is 4.79 Å². The Labute approximate surface area is 84.3 Å². The molecule has 0 saturated heterocycles. The van der Waals surface area contributed by atoms with Crippen LogP contribution in [-0.2, 0) is 0 Å². The Hall–Kier alpha value is -2.37. The number of benzene rings is 1.